The molecule has 0 amide bonds. The SMILES string of the molecule is CCCC(=O)OC[C@@H](O)CN(CCc1nc(-c2ccc(Br)cc2)no1)CC(C)C. The summed E-state index contributed by atoms with van der Waals surface area (Å²) in [5, 5.41) is 14.3. The van der Waals surface area contributed by atoms with Crippen LogP contribution in [-0.4, -0.2) is 58.5 Å². The van der Waals surface area contributed by atoms with Crippen molar-refractivity contribution in [3.63, 3.8) is 0 Å². The Kier molecular flexibility index (Phi) is 9.76. The van der Waals surface area contributed by atoms with E-state index in [2.05, 4.69) is 44.8 Å². The van der Waals surface area contributed by atoms with Gasteiger partial charge in [0.05, 0.1) is 0 Å². The van der Waals surface area contributed by atoms with E-state index >= 15 is 0 Å². The monoisotopic (exact) mass is 467 g/mol. The number of aromatic nitrogens is 2. The molecule has 0 bridgehead atoms. The molecule has 0 spiro atoms. The molecule has 1 heterocycles. The Morgan fingerprint density at radius 3 is 2.66 bits per heavy atom. The Balaban J connectivity index is 1.88. The van der Waals surface area contributed by atoms with E-state index in [1.165, 1.54) is 0 Å². The van der Waals surface area contributed by atoms with Gasteiger partial charge >= 0.3 is 5.97 Å². The van der Waals surface area contributed by atoms with Crippen LogP contribution in [0.15, 0.2) is 33.3 Å². The van der Waals surface area contributed by atoms with Gasteiger partial charge in [0.15, 0.2) is 0 Å². The smallest absolute Gasteiger partial charge is 0.305 e. The Bertz CT molecular complexity index is 749. The first-order chi connectivity index (χ1) is 13.9. The number of benzene rings is 1. The number of aliphatic hydroxyl groups is 1. The first-order valence-corrected chi connectivity index (χ1v) is 10.8. The molecule has 7 nitrogen and oxygen atoms in total. The predicted octanol–water partition coefficient (Wildman–Crippen LogP) is 3.70. The topological polar surface area (TPSA) is 88.7 Å². The van der Waals surface area contributed by atoms with Gasteiger partial charge in [-0.25, -0.2) is 0 Å². The van der Waals surface area contributed by atoms with Crippen molar-refractivity contribution in [2.45, 2.75) is 46.1 Å². The number of carbonyl (C=O) groups is 1. The van der Waals surface area contributed by atoms with Gasteiger partial charge in [-0.05, 0) is 36.6 Å². The van der Waals surface area contributed by atoms with Crippen molar-refractivity contribution in [3.8, 4) is 11.4 Å². The lowest BCUT2D eigenvalue weighted by Gasteiger charge is -2.26. The summed E-state index contributed by atoms with van der Waals surface area (Å²) in [5.41, 5.74) is 0.895. The molecule has 8 heteroatoms. The molecule has 0 aliphatic heterocycles. The second-order valence-electron chi connectivity index (χ2n) is 7.51. The van der Waals surface area contributed by atoms with E-state index in [0.29, 0.717) is 43.6 Å². The lowest BCUT2D eigenvalue weighted by atomic mass is 10.2. The number of rotatable bonds is 12. The fourth-order valence-corrected chi connectivity index (χ4v) is 3.18. The predicted molar refractivity (Wildman–Crippen MR) is 114 cm³/mol. The molecule has 0 aliphatic carbocycles. The molecule has 1 aromatic carbocycles. The molecule has 29 heavy (non-hydrogen) atoms. The molecule has 0 saturated carbocycles. The Labute approximate surface area is 180 Å². The maximum absolute atomic E-state index is 11.5. The second kappa shape index (κ2) is 12.0. The van der Waals surface area contributed by atoms with Crippen molar-refractivity contribution in [3.05, 3.63) is 34.6 Å². The van der Waals surface area contributed by atoms with Gasteiger partial charge in [0.25, 0.3) is 0 Å². The number of ether oxygens (including phenoxy) is 1. The quantitative estimate of drug-likeness (QED) is 0.475. The third-order valence-corrected chi connectivity index (χ3v) is 4.72. The number of halogens is 1. The molecule has 0 fully saturated rings. The number of aliphatic hydroxyl groups excluding tert-OH is 1. The van der Waals surface area contributed by atoms with Crippen LogP contribution in [0.2, 0.25) is 0 Å². The molecule has 0 unspecified atom stereocenters. The number of hydrogen-bond acceptors (Lipinski definition) is 7. The number of carbonyl (C=O) groups excluding carboxylic acids is 1. The van der Waals surface area contributed by atoms with Crippen LogP contribution in [-0.2, 0) is 16.0 Å². The highest BCUT2D eigenvalue weighted by atomic mass is 79.9. The van der Waals surface area contributed by atoms with Gasteiger partial charge in [-0.15, -0.1) is 0 Å². The van der Waals surface area contributed by atoms with E-state index in [-0.39, 0.29) is 12.6 Å². The summed E-state index contributed by atoms with van der Waals surface area (Å²) >= 11 is 3.41. The van der Waals surface area contributed by atoms with E-state index in [9.17, 15) is 9.90 Å². The first-order valence-electron chi connectivity index (χ1n) is 10.0. The minimum atomic E-state index is -0.726. The average Bonchev–Trinajstić information content (AvgIpc) is 3.14. The van der Waals surface area contributed by atoms with Crippen LogP contribution >= 0.6 is 15.9 Å². The lowest BCUT2D eigenvalue weighted by Crippen LogP contribution is -2.38. The molecular formula is C21H30BrN3O4. The number of hydrogen-bond donors (Lipinski definition) is 1. The van der Waals surface area contributed by atoms with Gasteiger partial charge in [0.1, 0.15) is 12.7 Å². The van der Waals surface area contributed by atoms with Gasteiger partial charge < -0.3 is 14.4 Å². The van der Waals surface area contributed by atoms with E-state index in [1.54, 1.807) is 0 Å². The molecule has 160 valence electrons. The van der Waals surface area contributed by atoms with E-state index < -0.39 is 6.10 Å². The van der Waals surface area contributed by atoms with Crippen LogP contribution in [0.25, 0.3) is 11.4 Å². The molecule has 2 aromatic rings. The summed E-state index contributed by atoms with van der Waals surface area (Å²) in [7, 11) is 0. The molecule has 0 radical (unpaired) electrons. The molecule has 0 aliphatic rings. The normalized spacial score (nSPS) is 12.5. The fourth-order valence-electron chi connectivity index (χ4n) is 2.92. The minimum Gasteiger partial charge on any atom is -0.463 e. The lowest BCUT2D eigenvalue weighted by molar-refractivity contribution is -0.147. The first kappa shape index (κ1) is 23.5. The van der Waals surface area contributed by atoms with Gasteiger partial charge in [-0.3, -0.25) is 9.69 Å². The molecule has 1 atom stereocenters. The largest absolute Gasteiger partial charge is 0.463 e. The standard InChI is InChI=1S/C21H30BrN3O4/c1-4-5-20(27)28-14-18(26)13-25(12-15(2)3)11-10-19-23-21(24-29-19)16-6-8-17(22)9-7-16/h6-9,15,18,26H,4-5,10-14H2,1-3H3/t18-/m0/s1. The van der Waals surface area contributed by atoms with Crippen molar-refractivity contribution < 1.29 is 19.2 Å². The second-order valence-corrected chi connectivity index (χ2v) is 8.42. The van der Waals surface area contributed by atoms with Crippen molar-refractivity contribution in [1.82, 2.24) is 15.0 Å². The molecule has 1 aromatic heterocycles. The van der Waals surface area contributed by atoms with Crippen LogP contribution in [0.5, 0.6) is 0 Å². The summed E-state index contributed by atoms with van der Waals surface area (Å²) in [5.74, 6) is 1.28. The van der Waals surface area contributed by atoms with E-state index in [1.807, 2.05) is 31.2 Å². The van der Waals surface area contributed by atoms with Gasteiger partial charge in [0.2, 0.25) is 11.7 Å². The van der Waals surface area contributed by atoms with Crippen molar-refractivity contribution in [1.29, 1.82) is 0 Å². The maximum Gasteiger partial charge on any atom is 0.305 e. The summed E-state index contributed by atoms with van der Waals surface area (Å²) in [6.07, 6.45) is 0.968. The Morgan fingerprint density at radius 1 is 1.28 bits per heavy atom. The van der Waals surface area contributed by atoms with Gasteiger partial charge in [-0.2, -0.15) is 4.98 Å². The fraction of sp³-hybridized carbons (Fsp3) is 0.571. The maximum atomic E-state index is 11.5. The minimum absolute atomic E-state index is 0.0156. The highest BCUT2D eigenvalue weighted by molar-refractivity contribution is 9.10. The van der Waals surface area contributed by atoms with Crippen LogP contribution in [0, 0.1) is 5.92 Å². The summed E-state index contributed by atoms with van der Waals surface area (Å²) in [4.78, 5) is 18.1. The van der Waals surface area contributed by atoms with Crippen LogP contribution in [0.3, 0.4) is 0 Å². The molecule has 0 saturated heterocycles. The average molecular weight is 468 g/mol. The van der Waals surface area contributed by atoms with Crippen LogP contribution in [0.1, 0.15) is 39.5 Å². The number of nitrogens with zero attached hydrogens (tertiary/aromatic N) is 3. The highest BCUT2D eigenvalue weighted by Crippen LogP contribution is 2.19. The molecule has 1 N–H and O–H groups in total. The highest BCUT2D eigenvalue weighted by Gasteiger charge is 2.17. The van der Waals surface area contributed by atoms with Crippen LogP contribution in [0.4, 0.5) is 0 Å². The summed E-state index contributed by atoms with van der Waals surface area (Å²) < 4.78 is 11.5. The molecule has 2 rings (SSSR count). The zero-order chi connectivity index (χ0) is 21.2. The third-order valence-electron chi connectivity index (χ3n) is 4.20. The molecular weight excluding hydrogens is 438 g/mol. The van der Waals surface area contributed by atoms with Crippen molar-refractivity contribution in [2.24, 2.45) is 5.92 Å². The van der Waals surface area contributed by atoms with E-state index in [0.717, 1.165) is 23.0 Å². The summed E-state index contributed by atoms with van der Waals surface area (Å²) in [6.45, 7) is 8.08. The summed E-state index contributed by atoms with van der Waals surface area (Å²) in [6, 6.07) is 7.73. The van der Waals surface area contributed by atoms with Gasteiger partial charge in [-0.1, -0.05) is 41.9 Å². The van der Waals surface area contributed by atoms with Crippen molar-refractivity contribution in [2.75, 3.05) is 26.2 Å². The number of esters is 1. The Morgan fingerprint density at radius 2 is 2.00 bits per heavy atom. The zero-order valence-corrected chi connectivity index (χ0v) is 18.9. The third kappa shape index (κ3) is 8.64. The Hall–Kier alpha value is -1.77. The van der Waals surface area contributed by atoms with Gasteiger partial charge in [0, 0.05) is 42.5 Å². The van der Waals surface area contributed by atoms with E-state index in [4.69, 9.17) is 9.26 Å². The van der Waals surface area contributed by atoms with Crippen LogP contribution < -0.4 is 0 Å². The zero-order valence-electron chi connectivity index (χ0n) is 17.3. The van der Waals surface area contributed by atoms with Crippen molar-refractivity contribution >= 4 is 21.9 Å².